The van der Waals surface area contributed by atoms with E-state index in [0.717, 1.165) is 40.0 Å². The van der Waals surface area contributed by atoms with Crippen molar-refractivity contribution in [1.82, 2.24) is 0 Å². The van der Waals surface area contributed by atoms with Crippen LogP contribution in [0.25, 0.3) is 21.9 Å². The highest BCUT2D eigenvalue weighted by Gasteiger charge is 2.51. The van der Waals surface area contributed by atoms with Gasteiger partial charge in [-0.2, -0.15) is 0 Å². The van der Waals surface area contributed by atoms with Crippen molar-refractivity contribution in [2.24, 2.45) is 17.8 Å². The number of esters is 1. The SMILES string of the molecule is CCOC(=O)c1cc(O)c2cc(-c3cc(C45CC6CC(CC(C6)C4)C5)ccc3OCOCCOC)ccc2c1. The summed E-state index contributed by atoms with van der Waals surface area (Å²) in [6.07, 6.45) is 8.08. The van der Waals surface area contributed by atoms with Gasteiger partial charge < -0.3 is 24.1 Å². The van der Waals surface area contributed by atoms with E-state index >= 15 is 0 Å². The van der Waals surface area contributed by atoms with Gasteiger partial charge in [0.1, 0.15) is 11.5 Å². The Hall–Kier alpha value is -3.09. The molecule has 0 aliphatic heterocycles. The molecule has 4 bridgehead atoms. The van der Waals surface area contributed by atoms with Crippen molar-refractivity contribution in [3.63, 3.8) is 0 Å². The van der Waals surface area contributed by atoms with Gasteiger partial charge in [0, 0.05) is 18.1 Å². The number of carbonyl (C=O) groups excluding carboxylic acids is 1. The predicted molar refractivity (Wildman–Crippen MR) is 150 cm³/mol. The van der Waals surface area contributed by atoms with Crippen molar-refractivity contribution in [2.75, 3.05) is 33.7 Å². The Balaban J connectivity index is 1.37. The highest BCUT2D eigenvalue weighted by atomic mass is 16.7. The molecule has 39 heavy (non-hydrogen) atoms. The van der Waals surface area contributed by atoms with Crippen LogP contribution < -0.4 is 4.74 Å². The summed E-state index contributed by atoms with van der Waals surface area (Å²) in [5.41, 5.74) is 3.96. The van der Waals surface area contributed by atoms with Crippen LogP contribution in [0.15, 0.2) is 48.5 Å². The number of fused-ring (bicyclic) bond motifs is 1. The molecule has 4 fully saturated rings. The van der Waals surface area contributed by atoms with Gasteiger partial charge in [0.05, 0.1) is 25.4 Å². The molecule has 0 unspecified atom stereocenters. The van der Waals surface area contributed by atoms with Gasteiger partial charge in [-0.3, -0.25) is 0 Å². The highest BCUT2D eigenvalue weighted by Crippen LogP contribution is 2.61. The molecule has 4 aliphatic rings. The molecule has 4 aliphatic carbocycles. The average molecular weight is 531 g/mol. The fraction of sp³-hybridized carbons (Fsp3) is 0.485. The number of hydrogen-bond donors (Lipinski definition) is 1. The summed E-state index contributed by atoms with van der Waals surface area (Å²) in [7, 11) is 1.65. The maximum Gasteiger partial charge on any atom is 0.338 e. The molecule has 0 spiro atoms. The lowest BCUT2D eigenvalue weighted by Gasteiger charge is -2.57. The number of hydrogen-bond acceptors (Lipinski definition) is 6. The Morgan fingerprint density at radius 1 is 0.949 bits per heavy atom. The van der Waals surface area contributed by atoms with Gasteiger partial charge in [0.15, 0.2) is 6.79 Å². The van der Waals surface area contributed by atoms with Crippen LogP contribution in [-0.2, 0) is 19.6 Å². The minimum atomic E-state index is -0.439. The Morgan fingerprint density at radius 3 is 2.38 bits per heavy atom. The number of methoxy groups -OCH3 is 1. The lowest BCUT2D eigenvalue weighted by atomic mass is 9.48. The Kier molecular flexibility index (Phi) is 7.25. The number of carbonyl (C=O) groups is 1. The Labute approximate surface area is 230 Å². The molecule has 1 N–H and O–H groups in total. The number of phenols is 1. The zero-order chi connectivity index (χ0) is 27.0. The van der Waals surface area contributed by atoms with Crippen LogP contribution in [0.4, 0.5) is 0 Å². The van der Waals surface area contributed by atoms with Gasteiger partial charge in [-0.05, 0) is 115 Å². The minimum Gasteiger partial charge on any atom is -0.507 e. The van der Waals surface area contributed by atoms with Gasteiger partial charge in [-0.25, -0.2) is 4.79 Å². The molecule has 0 radical (unpaired) electrons. The highest BCUT2D eigenvalue weighted by molar-refractivity contribution is 5.99. The molecule has 3 aromatic rings. The molecule has 6 heteroatoms. The van der Waals surface area contributed by atoms with E-state index in [2.05, 4.69) is 18.2 Å². The summed E-state index contributed by atoms with van der Waals surface area (Å²) in [6.45, 7) is 3.16. The van der Waals surface area contributed by atoms with Gasteiger partial charge in [0.25, 0.3) is 0 Å². The van der Waals surface area contributed by atoms with Crippen molar-refractivity contribution in [1.29, 1.82) is 0 Å². The van der Waals surface area contributed by atoms with Crippen molar-refractivity contribution in [3.8, 4) is 22.6 Å². The molecule has 3 aromatic carbocycles. The number of ether oxygens (including phenoxy) is 4. The van der Waals surface area contributed by atoms with Crippen LogP contribution in [0.3, 0.4) is 0 Å². The topological polar surface area (TPSA) is 74.2 Å². The molecular weight excluding hydrogens is 492 g/mol. The van der Waals surface area contributed by atoms with E-state index in [9.17, 15) is 9.90 Å². The lowest BCUT2D eigenvalue weighted by Crippen LogP contribution is -2.48. The first-order chi connectivity index (χ1) is 19.0. The van der Waals surface area contributed by atoms with Crippen LogP contribution in [-0.4, -0.2) is 44.8 Å². The third-order valence-corrected chi connectivity index (χ3v) is 9.11. The molecule has 0 atom stereocenters. The standard InChI is InChI=1S/C33H38O6/c1-3-38-32(35)26-13-24-4-5-25(14-28(24)30(34)15-26)29-16-27(6-7-31(29)39-20-37-9-8-36-2)33-17-21-10-22(18-33)12-23(11-21)19-33/h4-7,13-16,21-23,34H,3,8-12,17-20H2,1-2H3. The van der Waals surface area contributed by atoms with E-state index in [1.54, 1.807) is 20.1 Å². The zero-order valence-corrected chi connectivity index (χ0v) is 22.9. The Morgan fingerprint density at radius 2 is 1.69 bits per heavy atom. The zero-order valence-electron chi connectivity index (χ0n) is 22.9. The van der Waals surface area contributed by atoms with E-state index in [4.69, 9.17) is 18.9 Å². The Bertz CT molecular complexity index is 1330. The third kappa shape index (κ3) is 5.12. The third-order valence-electron chi connectivity index (χ3n) is 9.11. The second kappa shape index (κ2) is 10.8. The van der Waals surface area contributed by atoms with Crippen molar-refractivity contribution in [3.05, 3.63) is 59.7 Å². The second-order valence-corrected chi connectivity index (χ2v) is 11.7. The number of phenolic OH excluding ortho intramolecular Hbond substituents is 1. The molecular formula is C33H38O6. The first-order valence-corrected chi connectivity index (χ1v) is 14.3. The van der Waals surface area contributed by atoms with Crippen LogP contribution in [0, 0.1) is 17.8 Å². The normalized spacial score (nSPS) is 25.2. The smallest absolute Gasteiger partial charge is 0.338 e. The number of rotatable bonds is 10. The number of benzene rings is 3. The maximum absolute atomic E-state index is 12.3. The summed E-state index contributed by atoms with van der Waals surface area (Å²) < 4.78 is 21.9. The summed E-state index contributed by atoms with van der Waals surface area (Å²) in [6, 6.07) is 15.9. The van der Waals surface area contributed by atoms with Crippen molar-refractivity contribution in [2.45, 2.75) is 50.9 Å². The van der Waals surface area contributed by atoms with E-state index in [1.807, 2.05) is 18.2 Å². The van der Waals surface area contributed by atoms with E-state index in [0.29, 0.717) is 24.2 Å². The van der Waals surface area contributed by atoms with Crippen molar-refractivity contribution >= 4 is 16.7 Å². The first kappa shape index (κ1) is 26.1. The first-order valence-electron chi connectivity index (χ1n) is 14.3. The molecule has 0 aromatic heterocycles. The van der Waals surface area contributed by atoms with Crippen LogP contribution in [0.5, 0.6) is 11.5 Å². The predicted octanol–water partition coefficient (Wildman–Crippen LogP) is 6.86. The molecule has 206 valence electrons. The molecule has 0 amide bonds. The fourth-order valence-electron chi connectivity index (χ4n) is 7.82. The molecule has 6 nitrogen and oxygen atoms in total. The van der Waals surface area contributed by atoms with E-state index < -0.39 is 5.97 Å². The van der Waals surface area contributed by atoms with Gasteiger partial charge in [-0.15, -0.1) is 0 Å². The number of aromatic hydroxyl groups is 1. The summed E-state index contributed by atoms with van der Waals surface area (Å²) >= 11 is 0. The average Bonchev–Trinajstić information content (AvgIpc) is 2.92. The van der Waals surface area contributed by atoms with Crippen LogP contribution >= 0.6 is 0 Å². The van der Waals surface area contributed by atoms with Gasteiger partial charge >= 0.3 is 5.97 Å². The summed E-state index contributed by atoms with van der Waals surface area (Å²) in [4.78, 5) is 12.3. The molecule has 0 saturated heterocycles. The largest absolute Gasteiger partial charge is 0.507 e. The van der Waals surface area contributed by atoms with Gasteiger partial charge in [0.2, 0.25) is 0 Å². The lowest BCUT2D eigenvalue weighted by molar-refractivity contribution is -0.00877. The molecule has 4 saturated carbocycles. The van der Waals surface area contributed by atoms with Crippen LogP contribution in [0.1, 0.15) is 61.4 Å². The molecule has 7 rings (SSSR count). The van der Waals surface area contributed by atoms with E-state index in [-0.39, 0.29) is 24.6 Å². The maximum atomic E-state index is 12.3. The second-order valence-electron chi connectivity index (χ2n) is 11.7. The quantitative estimate of drug-likeness (QED) is 0.175. The minimum absolute atomic E-state index is 0.0556. The molecule has 0 heterocycles. The fourth-order valence-corrected chi connectivity index (χ4v) is 7.82. The summed E-state index contributed by atoms with van der Waals surface area (Å²) in [5.74, 6) is 2.94. The van der Waals surface area contributed by atoms with Crippen molar-refractivity contribution < 1.29 is 28.8 Å². The van der Waals surface area contributed by atoms with E-state index in [1.165, 1.54) is 50.2 Å². The summed E-state index contributed by atoms with van der Waals surface area (Å²) in [5, 5.41) is 12.3. The monoisotopic (exact) mass is 530 g/mol. The van der Waals surface area contributed by atoms with Gasteiger partial charge in [-0.1, -0.05) is 18.2 Å². The van der Waals surface area contributed by atoms with Crippen LogP contribution in [0.2, 0.25) is 0 Å².